The number of nitrogens with two attached hydrogens (primary N) is 1. The van der Waals surface area contributed by atoms with Crippen LogP contribution in [0.2, 0.25) is 0 Å². The van der Waals surface area contributed by atoms with Gasteiger partial charge in [-0.15, -0.1) is 0 Å². The topological polar surface area (TPSA) is 59.1 Å². The van der Waals surface area contributed by atoms with Crippen molar-refractivity contribution < 1.29 is 5.11 Å². The lowest BCUT2D eigenvalue weighted by Crippen LogP contribution is -2.26. The van der Waals surface area contributed by atoms with Crippen LogP contribution >= 0.6 is 0 Å². The molecule has 1 aromatic heterocycles. The minimum atomic E-state index is -0.512. The Morgan fingerprint density at radius 1 is 1.40 bits per heavy atom. The van der Waals surface area contributed by atoms with Crippen LogP contribution in [0.5, 0.6) is 0 Å². The highest BCUT2D eigenvalue weighted by atomic mass is 16.3. The highest BCUT2D eigenvalue weighted by Crippen LogP contribution is 2.26. The van der Waals surface area contributed by atoms with E-state index in [0.29, 0.717) is 12.5 Å². The minimum Gasteiger partial charge on any atom is -0.388 e. The zero-order valence-electron chi connectivity index (χ0n) is 9.64. The second-order valence-corrected chi connectivity index (χ2v) is 4.38. The first-order valence-electron chi connectivity index (χ1n) is 5.36. The number of aliphatic hydroxyl groups is 1. The lowest BCUT2D eigenvalue weighted by atomic mass is 9.87. The summed E-state index contributed by atoms with van der Waals surface area (Å²) in [5.74, 6) is 0.458. The fourth-order valence-electron chi connectivity index (χ4n) is 1.75. The Bertz CT molecular complexity index is 312. The van der Waals surface area contributed by atoms with E-state index in [1.807, 2.05) is 13.0 Å². The molecule has 0 bridgehead atoms. The van der Waals surface area contributed by atoms with Crippen molar-refractivity contribution in [1.29, 1.82) is 0 Å². The largest absolute Gasteiger partial charge is 0.388 e. The van der Waals surface area contributed by atoms with Gasteiger partial charge in [0.15, 0.2) is 0 Å². The van der Waals surface area contributed by atoms with Gasteiger partial charge in [0, 0.05) is 18.3 Å². The quantitative estimate of drug-likeness (QED) is 0.791. The van der Waals surface area contributed by atoms with Gasteiger partial charge in [-0.05, 0) is 30.5 Å². The number of hydrogen-bond donors (Lipinski definition) is 2. The Labute approximate surface area is 91.3 Å². The monoisotopic (exact) mass is 208 g/mol. The van der Waals surface area contributed by atoms with E-state index < -0.39 is 6.10 Å². The number of aryl methyl sites for hydroxylation is 1. The lowest BCUT2D eigenvalue weighted by molar-refractivity contribution is 0.0857. The van der Waals surface area contributed by atoms with Gasteiger partial charge >= 0.3 is 0 Å². The van der Waals surface area contributed by atoms with Crippen molar-refractivity contribution in [2.75, 3.05) is 6.54 Å². The van der Waals surface area contributed by atoms with E-state index in [0.717, 1.165) is 11.1 Å². The molecule has 0 saturated carbocycles. The Morgan fingerprint density at radius 2 is 2.07 bits per heavy atom. The van der Waals surface area contributed by atoms with E-state index in [4.69, 9.17) is 5.73 Å². The van der Waals surface area contributed by atoms with Crippen LogP contribution in [0, 0.1) is 18.8 Å². The maximum absolute atomic E-state index is 10.2. The van der Waals surface area contributed by atoms with E-state index in [2.05, 4.69) is 18.8 Å². The maximum Gasteiger partial charge on any atom is 0.0847 e. The zero-order chi connectivity index (χ0) is 11.4. The van der Waals surface area contributed by atoms with Crippen molar-refractivity contribution >= 4 is 0 Å². The molecule has 0 radical (unpaired) electrons. The highest BCUT2D eigenvalue weighted by Gasteiger charge is 2.22. The molecule has 1 rings (SSSR count). The van der Waals surface area contributed by atoms with Crippen molar-refractivity contribution in [2.45, 2.75) is 26.9 Å². The lowest BCUT2D eigenvalue weighted by Gasteiger charge is -2.25. The zero-order valence-corrected chi connectivity index (χ0v) is 9.64. The molecule has 3 heteroatoms. The molecule has 0 saturated heterocycles. The predicted molar refractivity (Wildman–Crippen MR) is 61.3 cm³/mol. The summed E-state index contributed by atoms with van der Waals surface area (Å²) in [6, 6.07) is 1.96. The molecular weight excluding hydrogens is 188 g/mol. The number of aliphatic hydroxyl groups excluding tert-OH is 1. The first kappa shape index (κ1) is 12.1. The van der Waals surface area contributed by atoms with Crippen LogP contribution in [-0.4, -0.2) is 16.6 Å². The van der Waals surface area contributed by atoms with E-state index in [-0.39, 0.29) is 5.92 Å². The molecule has 2 unspecified atom stereocenters. The molecule has 3 nitrogen and oxygen atoms in total. The van der Waals surface area contributed by atoms with Gasteiger partial charge < -0.3 is 10.8 Å². The molecule has 0 spiro atoms. The predicted octanol–water partition coefficient (Wildman–Crippen LogP) is 1.65. The van der Waals surface area contributed by atoms with Gasteiger partial charge in [0.1, 0.15) is 0 Å². The normalized spacial score (nSPS) is 15.3. The van der Waals surface area contributed by atoms with E-state index in [1.54, 1.807) is 12.4 Å². The number of hydrogen-bond acceptors (Lipinski definition) is 3. The first-order chi connectivity index (χ1) is 7.06. The van der Waals surface area contributed by atoms with Gasteiger partial charge in [-0.25, -0.2) is 0 Å². The van der Waals surface area contributed by atoms with Crippen LogP contribution < -0.4 is 5.73 Å². The summed E-state index contributed by atoms with van der Waals surface area (Å²) in [6.07, 6.45) is 2.98. The summed E-state index contributed by atoms with van der Waals surface area (Å²) in [4.78, 5) is 4.08. The van der Waals surface area contributed by atoms with E-state index in [9.17, 15) is 5.11 Å². The summed E-state index contributed by atoms with van der Waals surface area (Å²) < 4.78 is 0. The molecule has 1 heterocycles. The molecule has 15 heavy (non-hydrogen) atoms. The first-order valence-corrected chi connectivity index (χ1v) is 5.36. The molecule has 0 amide bonds. The fraction of sp³-hybridized carbons (Fsp3) is 0.583. The van der Waals surface area contributed by atoms with Gasteiger partial charge in [-0.2, -0.15) is 0 Å². The van der Waals surface area contributed by atoms with Crippen LogP contribution in [0.25, 0.3) is 0 Å². The van der Waals surface area contributed by atoms with Gasteiger partial charge in [-0.1, -0.05) is 19.9 Å². The van der Waals surface area contributed by atoms with Crippen LogP contribution in [0.1, 0.15) is 31.1 Å². The summed E-state index contributed by atoms with van der Waals surface area (Å²) in [7, 11) is 0. The number of rotatable bonds is 4. The van der Waals surface area contributed by atoms with Crippen molar-refractivity contribution in [3.05, 3.63) is 29.6 Å². The third-order valence-corrected chi connectivity index (χ3v) is 2.77. The highest BCUT2D eigenvalue weighted by molar-refractivity contribution is 5.19. The molecule has 84 valence electrons. The number of pyridine rings is 1. The van der Waals surface area contributed by atoms with E-state index >= 15 is 0 Å². The number of nitrogens with zero attached hydrogens (tertiary/aromatic N) is 1. The van der Waals surface area contributed by atoms with Crippen LogP contribution in [-0.2, 0) is 0 Å². The van der Waals surface area contributed by atoms with Crippen molar-refractivity contribution in [2.24, 2.45) is 17.6 Å². The van der Waals surface area contributed by atoms with Crippen molar-refractivity contribution in [3.63, 3.8) is 0 Å². The summed E-state index contributed by atoms with van der Waals surface area (Å²) >= 11 is 0. The minimum absolute atomic E-state index is 0.0913. The molecule has 3 N–H and O–H groups in total. The van der Waals surface area contributed by atoms with Gasteiger partial charge in [0.25, 0.3) is 0 Å². The Kier molecular flexibility index (Phi) is 4.24. The van der Waals surface area contributed by atoms with Crippen LogP contribution in [0.15, 0.2) is 18.5 Å². The SMILES string of the molecule is Cc1cncc(C(O)C(CN)C(C)C)c1. The smallest absolute Gasteiger partial charge is 0.0847 e. The Hall–Kier alpha value is -0.930. The van der Waals surface area contributed by atoms with Crippen molar-refractivity contribution in [1.82, 2.24) is 4.98 Å². The summed E-state index contributed by atoms with van der Waals surface area (Å²) in [5.41, 5.74) is 7.59. The molecule has 0 aromatic carbocycles. The average molecular weight is 208 g/mol. The molecule has 0 fully saturated rings. The van der Waals surface area contributed by atoms with Crippen LogP contribution in [0.3, 0.4) is 0 Å². The summed E-state index contributed by atoms with van der Waals surface area (Å²) in [5, 5.41) is 10.2. The molecular formula is C12H20N2O. The number of aromatic nitrogens is 1. The molecule has 2 atom stereocenters. The van der Waals surface area contributed by atoms with Gasteiger partial charge in [0.2, 0.25) is 0 Å². The second kappa shape index (κ2) is 5.24. The van der Waals surface area contributed by atoms with Gasteiger partial charge in [-0.3, -0.25) is 4.98 Å². The third kappa shape index (κ3) is 3.01. The Morgan fingerprint density at radius 3 is 2.53 bits per heavy atom. The van der Waals surface area contributed by atoms with Crippen LogP contribution in [0.4, 0.5) is 0 Å². The summed E-state index contributed by atoms with van der Waals surface area (Å²) in [6.45, 7) is 6.61. The molecule has 0 aliphatic rings. The van der Waals surface area contributed by atoms with Gasteiger partial charge in [0.05, 0.1) is 6.10 Å². The Balaban J connectivity index is 2.87. The average Bonchev–Trinajstić information content (AvgIpc) is 2.18. The second-order valence-electron chi connectivity index (χ2n) is 4.38. The maximum atomic E-state index is 10.2. The molecule has 0 aliphatic carbocycles. The fourth-order valence-corrected chi connectivity index (χ4v) is 1.75. The molecule has 0 aliphatic heterocycles. The third-order valence-electron chi connectivity index (χ3n) is 2.77. The molecule has 1 aromatic rings. The van der Waals surface area contributed by atoms with E-state index in [1.165, 1.54) is 0 Å². The van der Waals surface area contributed by atoms with Crippen molar-refractivity contribution in [3.8, 4) is 0 Å². The standard InChI is InChI=1S/C12H20N2O/c1-8(2)11(5-13)12(15)10-4-9(3)6-14-7-10/h4,6-8,11-12,15H,5,13H2,1-3H3.